The summed E-state index contributed by atoms with van der Waals surface area (Å²) < 4.78 is 5.38. The number of ether oxygens (including phenoxy) is 1. The van der Waals surface area contributed by atoms with Gasteiger partial charge in [0.05, 0.1) is 12.6 Å². The van der Waals surface area contributed by atoms with Crippen LogP contribution in [0.5, 0.6) is 0 Å². The molecule has 1 saturated carbocycles. The van der Waals surface area contributed by atoms with Gasteiger partial charge in [0.2, 0.25) is 29.4 Å². The Morgan fingerprint density at radius 1 is 0.868 bits per heavy atom. The highest BCUT2D eigenvalue weighted by Gasteiger charge is 2.43. The topological polar surface area (TPSA) is 183 Å². The lowest BCUT2D eigenvalue weighted by Gasteiger charge is -2.36. The van der Waals surface area contributed by atoms with Crippen LogP contribution in [0, 0.1) is 11.3 Å². The van der Waals surface area contributed by atoms with Gasteiger partial charge in [0.1, 0.15) is 23.7 Å². The van der Waals surface area contributed by atoms with Gasteiger partial charge in [-0.1, -0.05) is 90.6 Å². The summed E-state index contributed by atoms with van der Waals surface area (Å²) in [6, 6.07) is 4.57. The molecule has 1 aliphatic carbocycles. The van der Waals surface area contributed by atoms with Crippen LogP contribution in [-0.4, -0.2) is 102 Å². The van der Waals surface area contributed by atoms with Crippen LogP contribution in [0.3, 0.4) is 0 Å². The minimum absolute atomic E-state index is 0.133. The van der Waals surface area contributed by atoms with Gasteiger partial charge < -0.3 is 35.8 Å². The standard InChI is InChI=1S/C36H54N6O8.C3H8/c1-35(2,3)29(40-34(49)50-36(4,5)6)33(48)42-19-13-18-25(42)30(45)38-24(20-22-14-12-15-22)28(44)31(46)37-21-26(43)39-27(32(47)41(7)8)23-16-10-9-11-17-23;1-3-2/h9-11,16-17,22,24-25,27,29H,12-15,18-21H2,1-8H3,(H,37,46)(H,38,45)(H,39,43)(H,40,49);3H2,1-2H3/t24?,25-,27-,29+;/m0./s1. The van der Waals surface area contributed by atoms with E-state index in [0.29, 0.717) is 18.4 Å². The minimum Gasteiger partial charge on any atom is -0.444 e. The van der Waals surface area contributed by atoms with Gasteiger partial charge in [-0.3, -0.25) is 28.8 Å². The summed E-state index contributed by atoms with van der Waals surface area (Å²) in [5, 5.41) is 10.4. The van der Waals surface area contributed by atoms with Crippen molar-refractivity contribution in [1.82, 2.24) is 31.1 Å². The lowest BCUT2D eigenvalue weighted by Crippen LogP contribution is -2.59. The number of rotatable bonds is 13. The number of ketones is 1. The molecule has 1 aromatic rings. The third kappa shape index (κ3) is 14.1. The second-order valence-electron chi connectivity index (χ2n) is 16.1. The third-order valence-electron chi connectivity index (χ3n) is 8.80. The first-order valence-corrected chi connectivity index (χ1v) is 18.7. The van der Waals surface area contributed by atoms with Crippen molar-refractivity contribution in [3.63, 3.8) is 0 Å². The van der Waals surface area contributed by atoms with E-state index in [1.165, 1.54) is 16.2 Å². The fourth-order valence-electron chi connectivity index (χ4n) is 5.91. The van der Waals surface area contributed by atoms with Gasteiger partial charge in [-0.2, -0.15) is 0 Å². The molecule has 1 unspecified atom stereocenters. The van der Waals surface area contributed by atoms with E-state index in [9.17, 15) is 33.6 Å². The maximum atomic E-state index is 13.8. The van der Waals surface area contributed by atoms with Crippen LogP contribution in [0.15, 0.2) is 30.3 Å². The molecule has 1 saturated heterocycles. The Kier molecular flexibility index (Phi) is 16.9. The fourth-order valence-corrected chi connectivity index (χ4v) is 5.91. The van der Waals surface area contributed by atoms with E-state index in [2.05, 4.69) is 35.1 Å². The van der Waals surface area contributed by atoms with Crippen LogP contribution in [0.2, 0.25) is 0 Å². The van der Waals surface area contributed by atoms with Gasteiger partial charge in [-0.25, -0.2) is 4.79 Å². The fraction of sp³-hybridized carbons (Fsp3) is 0.667. The number of carbonyl (C=O) groups excluding carboxylic acids is 7. The molecule has 53 heavy (non-hydrogen) atoms. The van der Waals surface area contributed by atoms with E-state index in [1.54, 1.807) is 86.0 Å². The molecule has 0 aromatic heterocycles. The summed E-state index contributed by atoms with van der Waals surface area (Å²) in [6.45, 7) is 14.5. The number of Topliss-reactive ketones (excluding diaryl/α,β-unsaturated/α-hetero) is 1. The molecule has 0 bridgehead atoms. The molecule has 14 nitrogen and oxygen atoms in total. The number of nitrogens with zero attached hydrogens (tertiary/aromatic N) is 2. The summed E-state index contributed by atoms with van der Waals surface area (Å²) in [6.07, 6.45) is 4.28. The molecule has 6 amide bonds. The van der Waals surface area contributed by atoms with Crippen molar-refractivity contribution in [2.45, 2.75) is 130 Å². The van der Waals surface area contributed by atoms with E-state index in [0.717, 1.165) is 19.3 Å². The number of hydrogen-bond donors (Lipinski definition) is 4. The smallest absolute Gasteiger partial charge is 0.408 e. The monoisotopic (exact) mass is 742 g/mol. The molecule has 4 atom stereocenters. The SMILES string of the molecule is CCC.CN(C)C(=O)[C@@H](NC(=O)CNC(=O)C(=O)C(CC1CCC1)NC(=O)[C@@H]1CCCN1C(=O)[C@@H](NC(=O)OC(C)(C)C)C(C)(C)C)c1ccccc1. The van der Waals surface area contributed by atoms with Crippen molar-refractivity contribution in [2.75, 3.05) is 27.2 Å². The van der Waals surface area contributed by atoms with Crippen molar-refractivity contribution in [3.05, 3.63) is 35.9 Å². The molecule has 1 aliphatic heterocycles. The Hall–Kier alpha value is -4.49. The maximum absolute atomic E-state index is 13.8. The molecule has 296 valence electrons. The van der Waals surface area contributed by atoms with Crippen LogP contribution < -0.4 is 21.3 Å². The van der Waals surface area contributed by atoms with Crippen molar-refractivity contribution in [3.8, 4) is 0 Å². The Labute approximate surface area is 314 Å². The third-order valence-corrected chi connectivity index (χ3v) is 8.80. The minimum atomic E-state index is -1.17. The Morgan fingerprint density at radius 3 is 1.98 bits per heavy atom. The van der Waals surface area contributed by atoms with Gasteiger partial charge in [-0.15, -0.1) is 0 Å². The lowest BCUT2D eigenvalue weighted by molar-refractivity contribution is -0.144. The molecular weight excluding hydrogens is 680 g/mol. The summed E-state index contributed by atoms with van der Waals surface area (Å²) in [4.78, 5) is 95.1. The van der Waals surface area contributed by atoms with Gasteiger partial charge in [0.25, 0.3) is 5.91 Å². The summed E-state index contributed by atoms with van der Waals surface area (Å²) in [5.74, 6) is -3.89. The molecule has 0 radical (unpaired) electrons. The van der Waals surface area contributed by atoms with Gasteiger partial charge in [-0.05, 0) is 56.9 Å². The van der Waals surface area contributed by atoms with Crippen LogP contribution in [-0.2, 0) is 33.5 Å². The van der Waals surface area contributed by atoms with E-state index < -0.39 is 77.2 Å². The number of alkyl carbamates (subject to hydrolysis) is 1. The Morgan fingerprint density at radius 2 is 1.47 bits per heavy atom. The van der Waals surface area contributed by atoms with Crippen molar-refractivity contribution in [2.24, 2.45) is 11.3 Å². The normalized spacial score (nSPS) is 17.4. The number of nitrogens with one attached hydrogen (secondary N) is 4. The lowest BCUT2D eigenvalue weighted by atomic mass is 9.80. The van der Waals surface area contributed by atoms with Crippen LogP contribution in [0.25, 0.3) is 0 Å². The Balaban J connectivity index is 0.00000313. The first-order valence-electron chi connectivity index (χ1n) is 18.7. The highest BCUT2D eigenvalue weighted by molar-refractivity contribution is 6.38. The highest BCUT2D eigenvalue weighted by Crippen LogP contribution is 2.31. The molecule has 3 rings (SSSR count). The zero-order valence-corrected chi connectivity index (χ0v) is 33.3. The quantitative estimate of drug-likeness (QED) is 0.221. The van der Waals surface area contributed by atoms with Crippen molar-refractivity contribution >= 4 is 41.4 Å². The molecule has 14 heteroatoms. The van der Waals surface area contributed by atoms with Gasteiger partial charge >= 0.3 is 6.09 Å². The van der Waals surface area contributed by atoms with Gasteiger partial charge in [0, 0.05) is 20.6 Å². The molecule has 2 fully saturated rings. The van der Waals surface area contributed by atoms with E-state index >= 15 is 0 Å². The predicted octanol–water partition coefficient (Wildman–Crippen LogP) is 3.64. The zero-order valence-electron chi connectivity index (χ0n) is 33.3. The molecule has 1 aromatic carbocycles. The summed E-state index contributed by atoms with van der Waals surface area (Å²) >= 11 is 0. The Bertz CT molecular complexity index is 1430. The van der Waals surface area contributed by atoms with E-state index in [-0.39, 0.29) is 24.8 Å². The molecule has 1 heterocycles. The van der Waals surface area contributed by atoms with Crippen LogP contribution in [0.4, 0.5) is 4.79 Å². The molecule has 2 aliphatic rings. The van der Waals surface area contributed by atoms with Crippen LogP contribution in [0.1, 0.15) is 112 Å². The van der Waals surface area contributed by atoms with Crippen molar-refractivity contribution in [1.29, 1.82) is 0 Å². The highest BCUT2D eigenvalue weighted by atomic mass is 16.6. The molecule has 4 N–H and O–H groups in total. The second-order valence-corrected chi connectivity index (χ2v) is 16.1. The first kappa shape index (κ1) is 44.7. The second kappa shape index (κ2) is 20.1. The van der Waals surface area contributed by atoms with Gasteiger partial charge in [0.15, 0.2) is 0 Å². The average Bonchev–Trinajstić information content (AvgIpc) is 3.55. The number of hydrogen-bond acceptors (Lipinski definition) is 8. The largest absolute Gasteiger partial charge is 0.444 e. The molecular formula is C39H62N6O8. The number of carbonyl (C=O) groups is 7. The number of likely N-dealkylation sites (tertiary alicyclic amines) is 1. The van der Waals surface area contributed by atoms with E-state index in [1.807, 2.05) is 0 Å². The summed E-state index contributed by atoms with van der Waals surface area (Å²) in [5.41, 5.74) is -0.940. The maximum Gasteiger partial charge on any atom is 0.408 e. The summed E-state index contributed by atoms with van der Waals surface area (Å²) in [7, 11) is 3.12. The average molecular weight is 743 g/mol. The first-order chi connectivity index (χ1) is 24.7. The number of amides is 6. The number of benzene rings is 1. The molecule has 0 spiro atoms. The zero-order chi connectivity index (χ0) is 40.1. The van der Waals surface area contributed by atoms with Crippen LogP contribution >= 0.6 is 0 Å². The van der Waals surface area contributed by atoms with E-state index in [4.69, 9.17) is 4.74 Å². The number of likely N-dealkylation sites (N-methyl/N-ethyl adjacent to an activating group) is 1. The predicted molar refractivity (Wildman–Crippen MR) is 201 cm³/mol. The van der Waals surface area contributed by atoms with Crippen molar-refractivity contribution < 1.29 is 38.3 Å².